The fourth-order valence-corrected chi connectivity index (χ4v) is 4.93. The summed E-state index contributed by atoms with van der Waals surface area (Å²) in [4.78, 5) is 29.2. The Balaban J connectivity index is 1.21. The number of carbonyl (C=O) groups excluding carboxylic acids is 1. The number of likely N-dealkylation sites (tertiary alicyclic amines) is 1. The molecule has 0 unspecified atom stereocenters. The molecule has 2 atom stereocenters. The zero-order valence-corrected chi connectivity index (χ0v) is 17.0. The Bertz CT molecular complexity index is 1010. The van der Waals surface area contributed by atoms with Crippen LogP contribution in [-0.2, 0) is 11.2 Å². The number of carbonyl (C=O) groups is 1. The highest BCUT2D eigenvalue weighted by Gasteiger charge is 2.43. The molecule has 0 spiro atoms. The average molecular weight is 406 g/mol. The van der Waals surface area contributed by atoms with Crippen molar-refractivity contribution in [2.24, 2.45) is 0 Å². The van der Waals surface area contributed by atoms with Crippen LogP contribution in [0.4, 0.5) is 10.6 Å². The number of aromatic amines is 1. The van der Waals surface area contributed by atoms with Crippen LogP contribution in [0.15, 0.2) is 48.9 Å². The van der Waals surface area contributed by atoms with Crippen molar-refractivity contribution in [2.75, 3.05) is 24.6 Å². The fraction of sp³-hybridized carbons (Fsp3) is 0.435. The second-order valence-electron chi connectivity index (χ2n) is 8.09. The third-order valence-corrected chi connectivity index (χ3v) is 6.33. The lowest BCUT2D eigenvalue weighted by molar-refractivity contribution is 0.0715. The first-order valence-electron chi connectivity index (χ1n) is 10.8. The molecule has 4 heterocycles. The lowest BCUT2D eigenvalue weighted by Crippen LogP contribution is -2.52. The maximum absolute atomic E-state index is 12.8. The molecule has 1 N–H and O–H groups in total. The number of nitrogens with one attached hydrogen (secondary N) is 1. The van der Waals surface area contributed by atoms with Gasteiger partial charge in [-0.2, -0.15) is 0 Å². The molecule has 2 aliphatic heterocycles. The summed E-state index contributed by atoms with van der Waals surface area (Å²) in [7, 11) is 0. The van der Waals surface area contributed by atoms with Gasteiger partial charge in [-0.05, 0) is 43.7 Å². The van der Waals surface area contributed by atoms with Gasteiger partial charge < -0.3 is 19.5 Å². The molecule has 156 valence electrons. The Labute approximate surface area is 176 Å². The van der Waals surface area contributed by atoms with Crippen LogP contribution in [0.25, 0.3) is 11.0 Å². The summed E-state index contributed by atoms with van der Waals surface area (Å²) < 4.78 is 5.65. The summed E-state index contributed by atoms with van der Waals surface area (Å²) in [5, 5.41) is 1.04. The molecule has 5 rings (SSSR count). The van der Waals surface area contributed by atoms with Crippen LogP contribution in [0, 0.1) is 0 Å². The van der Waals surface area contributed by atoms with E-state index in [1.54, 1.807) is 6.33 Å². The number of nitrogens with zero attached hydrogens (tertiary/aromatic N) is 4. The number of amides is 1. The summed E-state index contributed by atoms with van der Waals surface area (Å²) in [6.45, 7) is 2.13. The first-order valence-corrected chi connectivity index (χ1v) is 10.8. The number of hydrogen-bond acceptors (Lipinski definition) is 5. The summed E-state index contributed by atoms with van der Waals surface area (Å²) in [5.41, 5.74) is 2.13. The van der Waals surface area contributed by atoms with E-state index in [-0.39, 0.29) is 18.2 Å². The van der Waals surface area contributed by atoms with E-state index < -0.39 is 0 Å². The van der Waals surface area contributed by atoms with Gasteiger partial charge in [-0.25, -0.2) is 14.8 Å². The number of anilines is 1. The standard InChI is InChI=1S/C23H27N5O2/c29-23(30-15-5-8-17-6-2-1-3-7-17)28-13-4-9-19-20(28)11-14-27(19)22-18-10-12-24-21(18)25-16-26-22/h1-3,6-7,10,12,16,19-20H,4-5,8-9,11,13-15H2,(H,24,25,26)/t19-,20-/m1/s1. The molecule has 7 nitrogen and oxygen atoms in total. The van der Waals surface area contributed by atoms with E-state index in [0.29, 0.717) is 6.61 Å². The van der Waals surface area contributed by atoms with Crippen molar-refractivity contribution in [1.82, 2.24) is 19.9 Å². The molecular weight excluding hydrogens is 378 g/mol. The van der Waals surface area contributed by atoms with Crippen LogP contribution in [-0.4, -0.2) is 57.7 Å². The van der Waals surface area contributed by atoms with Gasteiger partial charge in [0.25, 0.3) is 0 Å². The zero-order chi connectivity index (χ0) is 20.3. The van der Waals surface area contributed by atoms with Crippen molar-refractivity contribution in [1.29, 1.82) is 0 Å². The first-order chi connectivity index (χ1) is 14.8. The number of rotatable bonds is 5. The van der Waals surface area contributed by atoms with Crippen molar-refractivity contribution in [3.8, 4) is 0 Å². The molecule has 2 aromatic heterocycles. The van der Waals surface area contributed by atoms with Crippen molar-refractivity contribution in [3.63, 3.8) is 0 Å². The highest BCUT2D eigenvalue weighted by atomic mass is 16.6. The number of piperidine rings is 1. The molecule has 2 fully saturated rings. The van der Waals surface area contributed by atoms with Gasteiger partial charge in [0.1, 0.15) is 17.8 Å². The smallest absolute Gasteiger partial charge is 0.410 e. The van der Waals surface area contributed by atoms with Crippen LogP contribution in [0.2, 0.25) is 0 Å². The minimum atomic E-state index is -0.172. The van der Waals surface area contributed by atoms with Gasteiger partial charge in [0.15, 0.2) is 0 Å². The molecule has 2 saturated heterocycles. The topological polar surface area (TPSA) is 74.3 Å². The molecule has 1 aromatic carbocycles. The Morgan fingerprint density at radius 1 is 1.10 bits per heavy atom. The SMILES string of the molecule is O=C(OCCCc1ccccc1)N1CCC[C@@H]2[C@H]1CCN2c1ncnc2[nH]ccc12. The molecule has 7 heteroatoms. The van der Waals surface area contributed by atoms with Crippen molar-refractivity contribution in [2.45, 2.75) is 44.2 Å². The minimum Gasteiger partial charge on any atom is -0.449 e. The number of fused-ring (bicyclic) bond motifs is 2. The maximum atomic E-state index is 12.8. The molecule has 30 heavy (non-hydrogen) atoms. The molecule has 0 saturated carbocycles. The lowest BCUT2D eigenvalue weighted by atomic mass is 9.97. The van der Waals surface area contributed by atoms with Crippen molar-refractivity contribution in [3.05, 3.63) is 54.5 Å². The van der Waals surface area contributed by atoms with Gasteiger partial charge in [0, 0.05) is 19.3 Å². The van der Waals surface area contributed by atoms with E-state index in [1.807, 2.05) is 35.4 Å². The molecule has 2 aliphatic rings. The van der Waals surface area contributed by atoms with E-state index in [0.717, 1.165) is 62.0 Å². The quantitative estimate of drug-likeness (QED) is 0.654. The molecular formula is C23H27N5O2. The molecule has 0 bridgehead atoms. The molecule has 0 aliphatic carbocycles. The average Bonchev–Trinajstić information content (AvgIpc) is 3.44. The van der Waals surface area contributed by atoms with Crippen molar-refractivity contribution >= 4 is 22.9 Å². The molecule has 3 aromatic rings. The first kappa shape index (κ1) is 18.9. The van der Waals surface area contributed by atoms with Crippen LogP contribution in [0.3, 0.4) is 0 Å². The number of aromatic nitrogens is 3. The van der Waals surface area contributed by atoms with Crippen molar-refractivity contribution < 1.29 is 9.53 Å². The van der Waals surface area contributed by atoms with E-state index in [1.165, 1.54) is 5.56 Å². The second-order valence-corrected chi connectivity index (χ2v) is 8.09. The van der Waals surface area contributed by atoms with Gasteiger partial charge >= 0.3 is 6.09 Å². The number of hydrogen-bond donors (Lipinski definition) is 1. The maximum Gasteiger partial charge on any atom is 0.410 e. The summed E-state index contributed by atoms with van der Waals surface area (Å²) in [6, 6.07) is 12.8. The molecule has 1 amide bonds. The van der Waals surface area contributed by atoms with Crippen LogP contribution >= 0.6 is 0 Å². The van der Waals surface area contributed by atoms with E-state index in [9.17, 15) is 4.79 Å². The number of ether oxygens (including phenoxy) is 1. The normalized spacial score (nSPS) is 21.1. The highest BCUT2D eigenvalue weighted by Crippen LogP contribution is 2.36. The third kappa shape index (κ3) is 3.60. The Hall–Kier alpha value is -3.09. The van der Waals surface area contributed by atoms with Crippen LogP contribution in [0.1, 0.15) is 31.2 Å². The predicted molar refractivity (Wildman–Crippen MR) is 115 cm³/mol. The number of aryl methyl sites for hydroxylation is 1. The van der Waals surface area contributed by atoms with E-state index in [2.05, 4.69) is 32.0 Å². The van der Waals surface area contributed by atoms with Crippen LogP contribution < -0.4 is 4.90 Å². The Morgan fingerprint density at radius 3 is 2.90 bits per heavy atom. The zero-order valence-electron chi connectivity index (χ0n) is 17.0. The second kappa shape index (κ2) is 8.34. The fourth-order valence-electron chi connectivity index (χ4n) is 4.93. The summed E-state index contributed by atoms with van der Waals surface area (Å²) >= 11 is 0. The predicted octanol–water partition coefficient (Wildman–Crippen LogP) is 3.77. The Morgan fingerprint density at radius 2 is 2.00 bits per heavy atom. The van der Waals surface area contributed by atoms with Gasteiger partial charge in [0.2, 0.25) is 0 Å². The Kier molecular flexibility index (Phi) is 5.26. The number of benzene rings is 1. The van der Waals surface area contributed by atoms with Gasteiger partial charge in [-0.3, -0.25) is 0 Å². The van der Waals surface area contributed by atoms with Crippen LogP contribution in [0.5, 0.6) is 0 Å². The highest BCUT2D eigenvalue weighted by molar-refractivity contribution is 5.87. The van der Waals surface area contributed by atoms with Gasteiger partial charge in [-0.15, -0.1) is 0 Å². The lowest BCUT2D eigenvalue weighted by Gasteiger charge is -2.39. The monoisotopic (exact) mass is 405 g/mol. The minimum absolute atomic E-state index is 0.172. The molecule has 0 radical (unpaired) electrons. The summed E-state index contributed by atoms with van der Waals surface area (Å²) in [6.07, 6.45) is 8.11. The number of H-pyrrole nitrogens is 1. The summed E-state index contributed by atoms with van der Waals surface area (Å²) in [5.74, 6) is 0.965. The van der Waals surface area contributed by atoms with E-state index >= 15 is 0 Å². The largest absolute Gasteiger partial charge is 0.449 e. The third-order valence-electron chi connectivity index (χ3n) is 6.33. The van der Waals surface area contributed by atoms with E-state index in [4.69, 9.17) is 4.74 Å². The van der Waals surface area contributed by atoms with Gasteiger partial charge in [-0.1, -0.05) is 30.3 Å². The van der Waals surface area contributed by atoms with Gasteiger partial charge in [0.05, 0.1) is 24.1 Å².